The van der Waals surface area contributed by atoms with Crippen molar-refractivity contribution in [3.63, 3.8) is 0 Å². The van der Waals surface area contributed by atoms with Crippen LogP contribution in [0.3, 0.4) is 0 Å². The van der Waals surface area contributed by atoms with E-state index < -0.39 is 0 Å². The van der Waals surface area contributed by atoms with Crippen LogP contribution in [0.1, 0.15) is 27.7 Å². The van der Waals surface area contributed by atoms with Crippen LogP contribution >= 0.6 is 0 Å². The van der Waals surface area contributed by atoms with E-state index in [0.29, 0.717) is 17.1 Å². The zero-order valence-electron chi connectivity index (χ0n) is 19.1. The van der Waals surface area contributed by atoms with Crippen LogP contribution in [0.2, 0.25) is 0 Å². The summed E-state index contributed by atoms with van der Waals surface area (Å²) in [5, 5.41) is 0. The van der Waals surface area contributed by atoms with Crippen LogP contribution in [0, 0.1) is 0 Å². The summed E-state index contributed by atoms with van der Waals surface area (Å²) in [5.74, 6) is 1.52. The SMILES string of the molecule is C[C@@H]1CN(c2ncc3nc(-c4ccccc4)c(N4C[C@@H](C)O[C@@H](C)C4)nc3n2)C[C@H](C)O1. The van der Waals surface area contributed by atoms with Gasteiger partial charge in [0.05, 0.1) is 30.6 Å². The highest BCUT2D eigenvalue weighted by Gasteiger charge is 2.28. The number of fused-ring (bicyclic) bond motifs is 1. The molecule has 1 aromatic carbocycles. The Morgan fingerprint density at radius 1 is 0.750 bits per heavy atom. The van der Waals surface area contributed by atoms with Crippen molar-refractivity contribution in [2.75, 3.05) is 36.0 Å². The quantitative estimate of drug-likeness (QED) is 0.621. The second kappa shape index (κ2) is 8.60. The van der Waals surface area contributed by atoms with Gasteiger partial charge in [0.15, 0.2) is 11.5 Å². The predicted molar refractivity (Wildman–Crippen MR) is 125 cm³/mol. The van der Waals surface area contributed by atoms with Gasteiger partial charge in [0.25, 0.3) is 0 Å². The average molecular weight is 435 g/mol. The molecule has 8 heteroatoms. The summed E-state index contributed by atoms with van der Waals surface area (Å²) >= 11 is 0. The minimum Gasteiger partial charge on any atom is -0.372 e. The van der Waals surface area contributed by atoms with E-state index in [2.05, 4.69) is 54.6 Å². The van der Waals surface area contributed by atoms with E-state index in [-0.39, 0.29) is 24.4 Å². The predicted octanol–water partition coefficient (Wildman–Crippen LogP) is 3.31. The Labute approximate surface area is 188 Å². The summed E-state index contributed by atoms with van der Waals surface area (Å²) in [6, 6.07) is 10.2. The van der Waals surface area contributed by atoms with Gasteiger partial charge in [-0.15, -0.1) is 0 Å². The minimum absolute atomic E-state index is 0.122. The molecule has 0 bridgehead atoms. The van der Waals surface area contributed by atoms with Crippen LogP contribution in [-0.2, 0) is 9.47 Å². The first-order valence-electron chi connectivity index (χ1n) is 11.4. The number of aromatic nitrogens is 4. The molecular formula is C24H30N6O2. The molecule has 0 spiro atoms. The molecule has 3 aromatic rings. The van der Waals surface area contributed by atoms with Crippen molar-refractivity contribution in [1.82, 2.24) is 19.9 Å². The van der Waals surface area contributed by atoms with Gasteiger partial charge in [-0.05, 0) is 27.7 Å². The second-order valence-corrected chi connectivity index (χ2v) is 8.97. The third kappa shape index (κ3) is 4.25. The molecule has 0 aliphatic carbocycles. The lowest BCUT2D eigenvalue weighted by Gasteiger charge is -2.37. The van der Waals surface area contributed by atoms with Crippen molar-refractivity contribution in [1.29, 1.82) is 0 Å². The molecular weight excluding hydrogens is 404 g/mol. The van der Waals surface area contributed by atoms with Gasteiger partial charge in [0.1, 0.15) is 11.2 Å². The number of rotatable bonds is 3. The molecule has 5 rings (SSSR count). The Balaban J connectivity index is 1.59. The van der Waals surface area contributed by atoms with Crippen molar-refractivity contribution in [2.45, 2.75) is 52.1 Å². The summed E-state index contributed by atoms with van der Waals surface area (Å²) in [7, 11) is 0. The zero-order valence-corrected chi connectivity index (χ0v) is 19.1. The van der Waals surface area contributed by atoms with E-state index in [1.54, 1.807) is 6.20 Å². The van der Waals surface area contributed by atoms with Crippen molar-refractivity contribution >= 4 is 22.9 Å². The molecule has 4 heterocycles. The molecule has 0 N–H and O–H groups in total. The Kier molecular flexibility index (Phi) is 5.65. The number of hydrogen-bond donors (Lipinski definition) is 0. The Bertz CT molecular complexity index is 1070. The molecule has 2 aliphatic rings. The molecule has 4 atom stereocenters. The number of ether oxygens (including phenoxy) is 2. The normalized spacial score (nSPS) is 26.5. The lowest BCUT2D eigenvalue weighted by molar-refractivity contribution is -0.00580. The molecule has 2 saturated heterocycles. The first kappa shape index (κ1) is 21.0. The molecule has 2 fully saturated rings. The Morgan fingerprint density at radius 2 is 1.34 bits per heavy atom. The fraction of sp³-hybridized carbons (Fsp3) is 0.500. The van der Waals surface area contributed by atoms with E-state index in [1.165, 1.54) is 0 Å². The fourth-order valence-corrected chi connectivity index (χ4v) is 4.70. The summed E-state index contributed by atoms with van der Waals surface area (Å²) in [5.41, 5.74) is 3.19. The van der Waals surface area contributed by atoms with Gasteiger partial charge in [-0.1, -0.05) is 30.3 Å². The van der Waals surface area contributed by atoms with Crippen LogP contribution in [-0.4, -0.2) is 70.5 Å². The molecule has 2 aliphatic heterocycles. The maximum absolute atomic E-state index is 5.96. The van der Waals surface area contributed by atoms with E-state index in [1.807, 2.05) is 18.2 Å². The number of morpholine rings is 2. The fourth-order valence-electron chi connectivity index (χ4n) is 4.70. The van der Waals surface area contributed by atoms with Crippen LogP contribution < -0.4 is 9.80 Å². The first-order valence-corrected chi connectivity index (χ1v) is 11.4. The van der Waals surface area contributed by atoms with Gasteiger partial charge in [-0.2, -0.15) is 4.98 Å². The smallest absolute Gasteiger partial charge is 0.227 e. The summed E-state index contributed by atoms with van der Waals surface area (Å²) < 4.78 is 11.8. The van der Waals surface area contributed by atoms with Gasteiger partial charge in [-0.3, -0.25) is 0 Å². The van der Waals surface area contributed by atoms with Crippen molar-refractivity contribution < 1.29 is 9.47 Å². The highest BCUT2D eigenvalue weighted by atomic mass is 16.5. The van der Waals surface area contributed by atoms with Crippen LogP contribution in [0.25, 0.3) is 22.4 Å². The largest absolute Gasteiger partial charge is 0.372 e. The summed E-state index contributed by atoms with van der Waals surface area (Å²) in [4.78, 5) is 23.9. The molecule has 168 valence electrons. The van der Waals surface area contributed by atoms with Gasteiger partial charge < -0.3 is 19.3 Å². The Morgan fingerprint density at radius 3 is 1.97 bits per heavy atom. The number of anilines is 2. The lowest BCUT2D eigenvalue weighted by atomic mass is 10.1. The van der Waals surface area contributed by atoms with E-state index >= 15 is 0 Å². The first-order chi connectivity index (χ1) is 15.5. The Hall–Kier alpha value is -2.84. The summed E-state index contributed by atoms with van der Waals surface area (Å²) in [6.45, 7) is 11.4. The standard InChI is InChI=1S/C24H30N6O2/c1-15-11-29(12-16(2)31-15)23-21(19-8-6-5-7-9-19)26-20-10-25-24(28-22(20)27-23)30-13-17(3)32-18(4)14-30/h5-10,15-18H,11-14H2,1-4H3/t15-,16+,17-,18+. The van der Waals surface area contributed by atoms with E-state index in [0.717, 1.165) is 43.3 Å². The van der Waals surface area contributed by atoms with Gasteiger partial charge >= 0.3 is 0 Å². The maximum Gasteiger partial charge on any atom is 0.227 e. The number of benzene rings is 1. The van der Waals surface area contributed by atoms with Gasteiger partial charge in [0, 0.05) is 31.7 Å². The van der Waals surface area contributed by atoms with Gasteiger partial charge in [-0.25, -0.2) is 15.0 Å². The van der Waals surface area contributed by atoms with Crippen LogP contribution in [0.15, 0.2) is 36.5 Å². The number of nitrogens with zero attached hydrogens (tertiary/aromatic N) is 6. The topological polar surface area (TPSA) is 76.5 Å². The second-order valence-electron chi connectivity index (χ2n) is 8.97. The third-order valence-corrected chi connectivity index (χ3v) is 5.86. The van der Waals surface area contributed by atoms with Crippen LogP contribution in [0.4, 0.5) is 11.8 Å². The zero-order chi connectivity index (χ0) is 22.2. The van der Waals surface area contributed by atoms with Crippen molar-refractivity contribution in [2.24, 2.45) is 0 Å². The molecule has 0 saturated carbocycles. The molecule has 32 heavy (non-hydrogen) atoms. The minimum atomic E-state index is 0.122. The third-order valence-electron chi connectivity index (χ3n) is 5.86. The number of hydrogen-bond acceptors (Lipinski definition) is 8. The van der Waals surface area contributed by atoms with Crippen molar-refractivity contribution in [3.05, 3.63) is 36.5 Å². The molecule has 0 unspecified atom stereocenters. The van der Waals surface area contributed by atoms with E-state index in [4.69, 9.17) is 24.4 Å². The maximum atomic E-state index is 5.96. The van der Waals surface area contributed by atoms with Gasteiger partial charge in [0.2, 0.25) is 5.95 Å². The molecule has 0 radical (unpaired) electrons. The molecule has 2 aromatic heterocycles. The van der Waals surface area contributed by atoms with Crippen LogP contribution in [0.5, 0.6) is 0 Å². The lowest BCUT2D eigenvalue weighted by Crippen LogP contribution is -2.46. The average Bonchev–Trinajstić information content (AvgIpc) is 2.77. The van der Waals surface area contributed by atoms with E-state index in [9.17, 15) is 0 Å². The molecule has 0 amide bonds. The summed E-state index contributed by atoms with van der Waals surface area (Å²) in [6.07, 6.45) is 2.30. The van der Waals surface area contributed by atoms with Crippen molar-refractivity contribution in [3.8, 4) is 11.3 Å². The molecule has 8 nitrogen and oxygen atoms in total. The monoisotopic (exact) mass is 434 g/mol. The highest BCUT2D eigenvalue weighted by Crippen LogP contribution is 2.31. The highest BCUT2D eigenvalue weighted by molar-refractivity contribution is 5.81.